The Morgan fingerprint density at radius 1 is 1.38 bits per heavy atom. The standard InChI is InChI=1S/C2H7O2PS2.Na/c1-3-5(6,7)4-2;/h1-2H3,(H,6,7);/q;+1/p-1. The first kappa shape index (κ1) is 12.6. The summed E-state index contributed by atoms with van der Waals surface area (Å²) < 4.78 is 9.21. The molecule has 0 fully saturated rings. The van der Waals surface area contributed by atoms with Gasteiger partial charge in [-0.25, -0.2) is 0 Å². The van der Waals surface area contributed by atoms with Crippen molar-refractivity contribution in [2.45, 2.75) is 0 Å². The molecule has 0 saturated carbocycles. The van der Waals surface area contributed by atoms with Crippen LogP contribution in [-0.4, -0.2) is 14.2 Å². The van der Waals surface area contributed by atoms with E-state index in [1.807, 2.05) is 0 Å². The molecule has 0 aliphatic carbocycles. The van der Waals surface area contributed by atoms with E-state index >= 15 is 0 Å². The molecule has 0 rings (SSSR count). The molecule has 0 radical (unpaired) electrons. The second-order valence-corrected chi connectivity index (χ2v) is 6.01. The van der Waals surface area contributed by atoms with Gasteiger partial charge in [0.2, 0.25) is 0 Å². The van der Waals surface area contributed by atoms with Crippen molar-refractivity contribution in [2.75, 3.05) is 14.2 Å². The molecule has 0 heterocycles. The van der Waals surface area contributed by atoms with Crippen LogP contribution >= 0.6 is 5.69 Å². The van der Waals surface area contributed by atoms with Gasteiger partial charge in [-0.05, 0) is 0 Å². The van der Waals surface area contributed by atoms with Gasteiger partial charge >= 0.3 is 29.6 Å². The van der Waals surface area contributed by atoms with Crippen molar-refractivity contribution in [1.29, 1.82) is 0 Å². The molecule has 0 atom stereocenters. The van der Waals surface area contributed by atoms with E-state index in [0.29, 0.717) is 0 Å². The van der Waals surface area contributed by atoms with E-state index in [2.05, 4.69) is 33.1 Å². The molecule has 44 valence electrons. The molecule has 0 saturated heterocycles. The molecule has 0 amide bonds. The Labute approximate surface area is 81.9 Å². The molecule has 0 aliphatic heterocycles. The molecule has 0 bridgehead atoms. The summed E-state index contributed by atoms with van der Waals surface area (Å²) in [5.41, 5.74) is -2.24. The maximum absolute atomic E-state index is 4.63. The van der Waals surface area contributed by atoms with Crippen LogP contribution in [0.4, 0.5) is 0 Å². The van der Waals surface area contributed by atoms with Gasteiger partial charge in [-0.15, -0.1) is 0 Å². The van der Waals surface area contributed by atoms with E-state index in [9.17, 15) is 0 Å². The molecule has 0 aromatic heterocycles. The van der Waals surface area contributed by atoms with Crippen LogP contribution in [0.2, 0.25) is 0 Å². The van der Waals surface area contributed by atoms with Crippen LogP contribution in [0.25, 0.3) is 0 Å². The fourth-order valence-corrected chi connectivity index (χ4v) is 0.224. The summed E-state index contributed by atoms with van der Waals surface area (Å²) in [6, 6.07) is 0. The van der Waals surface area contributed by atoms with Crippen molar-refractivity contribution >= 4 is 29.7 Å². The second-order valence-electron chi connectivity index (χ2n) is 0.812. The zero-order valence-corrected chi connectivity index (χ0v) is 9.61. The molecular formula is C2H6NaO2PS2. The number of rotatable bonds is 2. The largest absolute Gasteiger partial charge is 1.00 e. The van der Waals surface area contributed by atoms with Crippen LogP contribution < -0.4 is 29.6 Å². The van der Waals surface area contributed by atoms with Crippen molar-refractivity contribution in [2.24, 2.45) is 0 Å². The van der Waals surface area contributed by atoms with Crippen molar-refractivity contribution in [1.82, 2.24) is 0 Å². The van der Waals surface area contributed by atoms with Gasteiger partial charge in [0.05, 0.1) is 5.69 Å². The zero-order chi connectivity index (χ0) is 5.91. The molecular weight excluding hydrogens is 174 g/mol. The summed E-state index contributed by atoms with van der Waals surface area (Å²) in [4.78, 5) is 0. The van der Waals surface area contributed by atoms with Crippen LogP contribution in [0, 0.1) is 0 Å². The molecule has 6 heteroatoms. The SMILES string of the molecule is COP(=S)([S-])OC.[Na+]. The summed E-state index contributed by atoms with van der Waals surface area (Å²) in [7, 11) is 2.91. The van der Waals surface area contributed by atoms with Crippen molar-refractivity contribution < 1.29 is 38.6 Å². The Hall–Kier alpha value is 1.92. The third-order valence-electron chi connectivity index (χ3n) is 0.447. The smallest absolute Gasteiger partial charge is 0.691 e. The van der Waals surface area contributed by atoms with Crippen molar-refractivity contribution in [3.8, 4) is 0 Å². The Morgan fingerprint density at radius 2 is 1.62 bits per heavy atom. The van der Waals surface area contributed by atoms with Crippen LogP contribution in [0.5, 0.6) is 0 Å². The van der Waals surface area contributed by atoms with Crippen LogP contribution in [-0.2, 0) is 33.1 Å². The quantitative estimate of drug-likeness (QED) is 0.279. The van der Waals surface area contributed by atoms with Gasteiger partial charge in [0, 0.05) is 14.2 Å². The minimum atomic E-state index is -2.24. The Morgan fingerprint density at radius 3 is 1.62 bits per heavy atom. The first-order valence-corrected chi connectivity index (χ1v) is 5.20. The first-order chi connectivity index (χ1) is 3.12. The topological polar surface area (TPSA) is 18.5 Å². The third kappa shape index (κ3) is 6.05. The van der Waals surface area contributed by atoms with Gasteiger partial charge < -0.3 is 21.3 Å². The fourth-order valence-electron chi connectivity index (χ4n) is 0.0745. The second kappa shape index (κ2) is 5.69. The van der Waals surface area contributed by atoms with Gasteiger partial charge in [0.15, 0.2) is 0 Å². The van der Waals surface area contributed by atoms with Gasteiger partial charge in [-0.2, -0.15) is 0 Å². The first-order valence-electron chi connectivity index (χ1n) is 1.55. The molecule has 0 N–H and O–H groups in total. The maximum atomic E-state index is 4.63. The zero-order valence-electron chi connectivity index (χ0n) is 5.08. The van der Waals surface area contributed by atoms with Gasteiger partial charge in [-0.1, -0.05) is 11.8 Å². The third-order valence-corrected chi connectivity index (χ3v) is 3.13. The monoisotopic (exact) mass is 180 g/mol. The predicted octanol–water partition coefficient (Wildman–Crippen LogP) is -1.95. The molecule has 2 nitrogen and oxygen atoms in total. The van der Waals surface area contributed by atoms with E-state index in [1.165, 1.54) is 14.2 Å². The van der Waals surface area contributed by atoms with Crippen molar-refractivity contribution in [3.05, 3.63) is 0 Å². The van der Waals surface area contributed by atoms with E-state index in [1.54, 1.807) is 0 Å². The van der Waals surface area contributed by atoms with E-state index in [0.717, 1.165) is 0 Å². The summed E-state index contributed by atoms with van der Waals surface area (Å²) in [5, 5.41) is 0. The number of hydrogen-bond acceptors (Lipinski definition) is 4. The summed E-state index contributed by atoms with van der Waals surface area (Å²) >= 11 is 9.25. The molecule has 8 heavy (non-hydrogen) atoms. The van der Waals surface area contributed by atoms with E-state index < -0.39 is 5.69 Å². The van der Waals surface area contributed by atoms with Gasteiger partial charge in [0.25, 0.3) is 0 Å². The molecule has 0 aromatic rings. The Balaban J connectivity index is 0. The van der Waals surface area contributed by atoms with Crippen LogP contribution in [0.3, 0.4) is 0 Å². The normalized spacial score (nSPS) is 10.4. The van der Waals surface area contributed by atoms with Crippen LogP contribution in [0.1, 0.15) is 0 Å². The van der Waals surface area contributed by atoms with Gasteiger partial charge in [-0.3, -0.25) is 0 Å². The average molecular weight is 180 g/mol. The Kier molecular flexibility index (Phi) is 8.94. The Bertz CT molecular complexity index is 90.0. The summed E-state index contributed by atoms with van der Waals surface area (Å²) in [6.45, 7) is 0. The summed E-state index contributed by atoms with van der Waals surface area (Å²) in [5.74, 6) is 0. The van der Waals surface area contributed by atoms with Gasteiger partial charge in [0.1, 0.15) is 0 Å². The molecule has 0 aliphatic rings. The summed E-state index contributed by atoms with van der Waals surface area (Å²) in [6.07, 6.45) is 0. The van der Waals surface area contributed by atoms with Crippen molar-refractivity contribution in [3.63, 3.8) is 0 Å². The predicted molar refractivity (Wildman–Crippen MR) is 35.7 cm³/mol. The van der Waals surface area contributed by atoms with Crippen LogP contribution in [0.15, 0.2) is 0 Å². The average Bonchev–Trinajstić information content (AvgIpc) is 1.68. The fraction of sp³-hybridized carbons (Fsp3) is 1.00. The van der Waals surface area contributed by atoms with E-state index in [-0.39, 0.29) is 29.6 Å². The molecule has 0 spiro atoms. The minimum Gasteiger partial charge on any atom is -0.691 e. The molecule has 0 aromatic carbocycles. The number of hydrogen-bond donors (Lipinski definition) is 0. The maximum Gasteiger partial charge on any atom is 1.00 e. The molecule has 0 unspecified atom stereocenters. The minimum absolute atomic E-state index is 0. The van der Waals surface area contributed by atoms with E-state index in [4.69, 9.17) is 0 Å².